The standard InChI is InChI=1S/C22H29N3O4/c1-16-5-2-3-7-19(16)21(27)24-10-4-6-17(15-24)20(26)23-11-8-18(9-12-23)25-13-14-29-22(25)28/h2-3,5,7,17-18H,4,6,8-15H2,1H3. The van der Waals surface area contributed by atoms with Crippen LogP contribution in [-0.2, 0) is 9.53 Å². The number of cyclic esters (lactones) is 1. The van der Waals surface area contributed by atoms with Gasteiger partial charge in [-0.25, -0.2) is 4.79 Å². The van der Waals surface area contributed by atoms with Gasteiger partial charge in [-0.05, 0) is 44.2 Å². The Morgan fingerprint density at radius 1 is 1.00 bits per heavy atom. The molecule has 0 saturated carbocycles. The second kappa shape index (κ2) is 8.43. The van der Waals surface area contributed by atoms with Crippen molar-refractivity contribution in [3.63, 3.8) is 0 Å². The number of hydrogen-bond donors (Lipinski definition) is 0. The van der Waals surface area contributed by atoms with Gasteiger partial charge in [-0.1, -0.05) is 18.2 Å². The Bertz CT molecular complexity index is 788. The highest BCUT2D eigenvalue weighted by molar-refractivity contribution is 5.96. The molecule has 3 heterocycles. The molecule has 3 aliphatic rings. The van der Waals surface area contributed by atoms with Crippen LogP contribution in [0.3, 0.4) is 0 Å². The number of benzene rings is 1. The minimum atomic E-state index is -0.229. The lowest BCUT2D eigenvalue weighted by atomic mass is 9.94. The third kappa shape index (κ3) is 4.09. The first-order valence-corrected chi connectivity index (χ1v) is 10.6. The summed E-state index contributed by atoms with van der Waals surface area (Å²) in [6.45, 7) is 5.58. The van der Waals surface area contributed by atoms with Crippen LogP contribution in [0.15, 0.2) is 24.3 Å². The van der Waals surface area contributed by atoms with Crippen LogP contribution in [0.2, 0.25) is 0 Å². The van der Waals surface area contributed by atoms with Crippen molar-refractivity contribution >= 4 is 17.9 Å². The van der Waals surface area contributed by atoms with E-state index < -0.39 is 0 Å². The molecule has 7 heteroatoms. The predicted molar refractivity (Wildman–Crippen MR) is 107 cm³/mol. The van der Waals surface area contributed by atoms with Gasteiger partial charge >= 0.3 is 6.09 Å². The first-order chi connectivity index (χ1) is 14.0. The monoisotopic (exact) mass is 399 g/mol. The first kappa shape index (κ1) is 19.7. The lowest BCUT2D eigenvalue weighted by Crippen LogP contribution is -2.51. The van der Waals surface area contributed by atoms with Crippen LogP contribution >= 0.6 is 0 Å². The van der Waals surface area contributed by atoms with Crippen molar-refractivity contribution in [1.29, 1.82) is 0 Å². The van der Waals surface area contributed by atoms with Crippen LogP contribution < -0.4 is 0 Å². The summed E-state index contributed by atoms with van der Waals surface area (Å²) in [4.78, 5) is 43.4. The molecule has 1 atom stereocenters. The number of carbonyl (C=O) groups excluding carboxylic acids is 3. The van der Waals surface area contributed by atoms with E-state index in [4.69, 9.17) is 4.74 Å². The summed E-state index contributed by atoms with van der Waals surface area (Å²) in [6, 6.07) is 7.78. The zero-order valence-electron chi connectivity index (χ0n) is 17.0. The first-order valence-electron chi connectivity index (χ1n) is 10.6. The summed E-state index contributed by atoms with van der Waals surface area (Å²) in [5.41, 5.74) is 1.69. The molecule has 3 fully saturated rings. The van der Waals surface area contributed by atoms with Gasteiger partial charge in [0.2, 0.25) is 5.91 Å². The van der Waals surface area contributed by atoms with E-state index in [1.54, 1.807) is 4.90 Å². The van der Waals surface area contributed by atoms with Crippen molar-refractivity contribution in [2.24, 2.45) is 5.92 Å². The minimum Gasteiger partial charge on any atom is -0.448 e. The molecule has 3 aliphatic heterocycles. The summed E-state index contributed by atoms with van der Waals surface area (Å²) >= 11 is 0. The van der Waals surface area contributed by atoms with Crippen LogP contribution in [0.1, 0.15) is 41.6 Å². The van der Waals surface area contributed by atoms with Crippen LogP contribution in [0.25, 0.3) is 0 Å². The largest absolute Gasteiger partial charge is 0.448 e. The lowest BCUT2D eigenvalue weighted by molar-refractivity contribution is -0.138. The van der Waals surface area contributed by atoms with Gasteiger partial charge in [-0.3, -0.25) is 9.59 Å². The summed E-state index contributed by atoms with van der Waals surface area (Å²) < 4.78 is 5.04. The molecular weight excluding hydrogens is 370 g/mol. The summed E-state index contributed by atoms with van der Waals surface area (Å²) in [6.07, 6.45) is 3.03. The van der Waals surface area contributed by atoms with E-state index in [0.717, 1.165) is 36.8 Å². The van der Waals surface area contributed by atoms with Crippen molar-refractivity contribution in [3.8, 4) is 0 Å². The van der Waals surface area contributed by atoms with Crippen molar-refractivity contribution in [3.05, 3.63) is 35.4 Å². The summed E-state index contributed by atoms with van der Waals surface area (Å²) in [5.74, 6) is 0.0339. The van der Waals surface area contributed by atoms with Gasteiger partial charge in [0.15, 0.2) is 0 Å². The molecule has 1 aromatic rings. The van der Waals surface area contributed by atoms with Crippen molar-refractivity contribution in [2.45, 2.75) is 38.6 Å². The zero-order chi connectivity index (χ0) is 20.4. The molecule has 29 heavy (non-hydrogen) atoms. The van der Waals surface area contributed by atoms with E-state index in [0.29, 0.717) is 39.3 Å². The predicted octanol–water partition coefficient (Wildman–Crippen LogP) is 2.29. The van der Waals surface area contributed by atoms with E-state index in [1.807, 2.05) is 41.0 Å². The molecule has 0 aromatic heterocycles. The maximum atomic E-state index is 13.1. The Hall–Kier alpha value is -2.57. The molecule has 0 N–H and O–H groups in total. The highest BCUT2D eigenvalue weighted by Crippen LogP contribution is 2.25. The maximum Gasteiger partial charge on any atom is 0.410 e. The van der Waals surface area contributed by atoms with Crippen molar-refractivity contribution in [2.75, 3.05) is 39.3 Å². The molecule has 1 aromatic carbocycles. The quantitative estimate of drug-likeness (QED) is 0.782. The van der Waals surface area contributed by atoms with Crippen LogP contribution in [-0.4, -0.2) is 78.0 Å². The number of aryl methyl sites for hydroxylation is 1. The Balaban J connectivity index is 1.34. The van der Waals surface area contributed by atoms with Gasteiger partial charge in [-0.15, -0.1) is 0 Å². The third-order valence-corrected chi connectivity index (χ3v) is 6.44. The molecule has 156 valence electrons. The normalized spacial score (nSPS) is 23.3. The molecular formula is C22H29N3O4. The Kier molecular flexibility index (Phi) is 5.74. The minimum absolute atomic E-state index is 0.0202. The number of carbonyl (C=O) groups is 3. The maximum absolute atomic E-state index is 13.1. The fourth-order valence-corrected chi connectivity index (χ4v) is 4.74. The number of ether oxygens (including phenoxy) is 1. The second-order valence-electron chi connectivity index (χ2n) is 8.27. The highest BCUT2D eigenvalue weighted by Gasteiger charge is 2.36. The molecule has 3 amide bonds. The average Bonchev–Trinajstić information content (AvgIpc) is 3.19. The van der Waals surface area contributed by atoms with Crippen molar-refractivity contribution in [1.82, 2.24) is 14.7 Å². The molecule has 0 radical (unpaired) electrons. The number of amides is 3. The Morgan fingerprint density at radius 2 is 1.76 bits per heavy atom. The molecule has 3 saturated heterocycles. The van der Waals surface area contributed by atoms with Crippen LogP contribution in [0, 0.1) is 12.8 Å². The van der Waals surface area contributed by atoms with E-state index in [-0.39, 0.29) is 29.9 Å². The highest BCUT2D eigenvalue weighted by atomic mass is 16.6. The summed E-state index contributed by atoms with van der Waals surface area (Å²) in [5, 5.41) is 0. The van der Waals surface area contributed by atoms with Gasteiger partial charge in [0.1, 0.15) is 6.61 Å². The van der Waals surface area contributed by atoms with E-state index >= 15 is 0 Å². The Labute approximate surface area is 171 Å². The van der Waals surface area contributed by atoms with Gasteiger partial charge in [0, 0.05) is 37.8 Å². The third-order valence-electron chi connectivity index (χ3n) is 6.44. The SMILES string of the molecule is Cc1ccccc1C(=O)N1CCCC(C(=O)N2CCC(N3CCOC3=O)CC2)C1. The molecule has 1 unspecified atom stereocenters. The van der Waals surface area contributed by atoms with Gasteiger partial charge in [0.25, 0.3) is 5.91 Å². The molecule has 4 rings (SSSR count). The second-order valence-corrected chi connectivity index (χ2v) is 8.27. The number of likely N-dealkylation sites (tertiary alicyclic amines) is 2. The molecule has 0 aliphatic carbocycles. The van der Waals surface area contributed by atoms with Crippen LogP contribution in [0.4, 0.5) is 4.79 Å². The number of piperidine rings is 2. The Morgan fingerprint density at radius 3 is 2.45 bits per heavy atom. The number of rotatable bonds is 3. The van der Waals surface area contributed by atoms with E-state index in [9.17, 15) is 14.4 Å². The van der Waals surface area contributed by atoms with E-state index in [2.05, 4.69) is 0 Å². The smallest absolute Gasteiger partial charge is 0.410 e. The number of hydrogen-bond acceptors (Lipinski definition) is 4. The molecule has 0 bridgehead atoms. The molecule has 7 nitrogen and oxygen atoms in total. The lowest BCUT2D eigenvalue weighted by Gasteiger charge is -2.39. The average molecular weight is 399 g/mol. The van der Waals surface area contributed by atoms with Gasteiger partial charge in [-0.2, -0.15) is 0 Å². The van der Waals surface area contributed by atoms with Gasteiger partial charge < -0.3 is 19.4 Å². The number of nitrogens with zero attached hydrogens (tertiary/aromatic N) is 3. The zero-order valence-corrected chi connectivity index (χ0v) is 17.0. The van der Waals surface area contributed by atoms with Crippen molar-refractivity contribution < 1.29 is 19.1 Å². The van der Waals surface area contributed by atoms with E-state index in [1.165, 1.54) is 0 Å². The molecule has 0 spiro atoms. The van der Waals surface area contributed by atoms with Crippen LogP contribution in [0.5, 0.6) is 0 Å². The van der Waals surface area contributed by atoms with Gasteiger partial charge in [0.05, 0.1) is 12.5 Å². The topological polar surface area (TPSA) is 70.2 Å². The fourth-order valence-electron chi connectivity index (χ4n) is 4.74. The summed E-state index contributed by atoms with van der Waals surface area (Å²) in [7, 11) is 0. The fraction of sp³-hybridized carbons (Fsp3) is 0.591.